The Labute approximate surface area is 169 Å². The highest BCUT2D eigenvalue weighted by Gasteiger charge is 2.18. The largest absolute Gasteiger partial charge is 0.497 e. The smallest absolute Gasteiger partial charge is 0.257 e. The number of carbonyl (C=O) groups excluding carboxylic acids is 2. The van der Waals surface area contributed by atoms with Gasteiger partial charge in [-0.2, -0.15) is 0 Å². The molecule has 6 nitrogen and oxygen atoms in total. The highest BCUT2D eigenvalue weighted by atomic mass is 32.1. The molecule has 0 atom stereocenters. The van der Waals surface area contributed by atoms with Crippen molar-refractivity contribution in [2.45, 2.75) is 19.3 Å². The van der Waals surface area contributed by atoms with E-state index in [9.17, 15) is 9.59 Å². The molecule has 1 aliphatic rings. The minimum Gasteiger partial charge on any atom is -0.497 e. The van der Waals surface area contributed by atoms with Gasteiger partial charge in [0.2, 0.25) is 0 Å². The molecule has 0 aliphatic carbocycles. The summed E-state index contributed by atoms with van der Waals surface area (Å²) < 4.78 is 5.08. The Balaban J connectivity index is 1.54. The molecule has 0 radical (unpaired) electrons. The number of hydrogen-bond acceptors (Lipinski definition) is 4. The third-order valence-electron chi connectivity index (χ3n) is 4.61. The van der Waals surface area contributed by atoms with Crippen LogP contribution in [0.25, 0.3) is 0 Å². The van der Waals surface area contributed by atoms with Gasteiger partial charge >= 0.3 is 0 Å². The van der Waals surface area contributed by atoms with Crippen molar-refractivity contribution in [2.24, 2.45) is 0 Å². The highest BCUT2D eigenvalue weighted by molar-refractivity contribution is 7.80. The van der Waals surface area contributed by atoms with Crippen LogP contribution >= 0.6 is 12.2 Å². The molecule has 2 N–H and O–H groups in total. The summed E-state index contributed by atoms with van der Waals surface area (Å²) in [5.74, 6) is 0.426. The van der Waals surface area contributed by atoms with Gasteiger partial charge < -0.3 is 15.0 Å². The zero-order chi connectivity index (χ0) is 19.9. The first-order chi connectivity index (χ1) is 13.6. The van der Waals surface area contributed by atoms with E-state index in [0.29, 0.717) is 22.6 Å². The SMILES string of the molecule is COc1ccc(C(=O)NC(=S)Nc2ccc(C(=O)N3CCCCC3)cc2)cc1. The molecule has 1 fully saturated rings. The Hall–Kier alpha value is -2.93. The van der Waals surface area contributed by atoms with E-state index < -0.39 is 0 Å². The second-order valence-corrected chi connectivity index (χ2v) is 6.98. The summed E-state index contributed by atoms with van der Waals surface area (Å²) in [5, 5.41) is 5.79. The third kappa shape index (κ3) is 5.07. The Kier molecular flexibility index (Phi) is 6.60. The number of likely N-dealkylation sites (tertiary alicyclic amines) is 1. The minimum atomic E-state index is -0.308. The quantitative estimate of drug-likeness (QED) is 0.774. The molecule has 3 rings (SSSR count). The fourth-order valence-corrected chi connectivity index (χ4v) is 3.27. The molecule has 2 amide bonds. The number of ether oxygens (including phenoxy) is 1. The van der Waals surface area contributed by atoms with Gasteiger partial charge in [0.15, 0.2) is 5.11 Å². The Morgan fingerprint density at radius 2 is 1.54 bits per heavy atom. The number of rotatable bonds is 4. The zero-order valence-corrected chi connectivity index (χ0v) is 16.6. The topological polar surface area (TPSA) is 70.7 Å². The lowest BCUT2D eigenvalue weighted by atomic mass is 10.1. The van der Waals surface area contributed by atoms with Gasteiger partial charge in [-0.1, -0.05) is 0 Å². The average Bonchev–Trinajstić information content (AvgIpc) is 2.74. The number of hydrogen-bond donors (Lipinski definition) is 2. The first-order valence-electron chi connectivity index (χ1n) is 9.22. The fourth-order valence-electron chi connectivity index (χ4n) is 3.06. The van der Waals surface area contributed by atoms with Gasteiger partial charge in [-0.25, -0.2) is 0 Å². The molecule has 1 saturated heterocycles. The lowest BCUT2D eigenvalue weighted by Gasteiger charge is -2.26. The van der Waals surface area contributed by atoms with E-state index in [1.807, 2.05) is 4.90 Å². The molecule has 0 aromatic heterocycles. The molecule has 28 heavy (non-hydrogen) atoms. The first-order valence-corrected chi connectivity index (χ1v) is 9.63. The van der Waals surface area contributed by atoms with E-state index in [2.05, 4.69) is 10.6 Å². The standard InChI is InChI=1S/C21H23N3O3S/c1-27-18-11-7-15(8-12-18)19(25)23-21(28)22-17-9-5-16(6-10-17)20(26)24-13-3-2-4-14-24/h5-12H,2-4,13-14H2,1H3,(H2,22,23,25,28). The van der Waals surface area contributed by atoms with Gasteiger partial charge in [-0.15, -0.1) is 0 Å². The summed E-state index contributed by atoms with van der Waals surface area (Å²) in [6.45, 7) is 1.64. The second-order valence-electron chi connectivity index (χ2n) is 6.57. The molecule has 146 valence electrons. The lowest BCUT2D eigenvalue weighted by molar-refractivity contribution is 0.0724. The predicted molar refractivity (Wildman–Crippen MR) is 113 cm³/mol. The minimum absolute atomic E-state index is 0.0571. The second kappa shape index (κ2) is 9.32. The van der Waals surface area contributed by atoms with Crippen molar-refractivity contribution >= 4 is 34.8 Å². The number of nitrogens with one attached hydrogen (secondary N) is 2. The summed E-state index contributed by atoms with van der Waals surface area (Å²) in [5.41, 5.74) is 1.84. The third-order valence-corrected chi connectivity index (χ3v) is 4.82. The monoisotopic (exact) mass is 397 g/mol. The summed E-state index contributed by atoms with van der Waals surface area (Å²) in [7, 11) is 1.57. The van der Waals surface area contributed by atoms with Crippen LogP contribution < -0.4 is 15.4 Å². The molecule has 0 spiro atoms. The lowest BCUT2D eigenvalue weighted by Crippen LogP contribution is -2.35. The van der Waals surface area contributed by atoms with Crippen molar-refractivity contribution in [3.8, 4) is 5.75 Å². The Bertz CT molecular complexity index is 844. The molecule has 0 saturated carbocycles. The van der Waals surface area contributed by atoms with E-state index in [-0.39, 0.29) is 16.9 Å². The number of methoxy groups -OCH3 is 1. The van der Waals surface area contributed by atoms with Gasteiger partial charge in [-0.3, -0.25) is 14.9 Å². The van der Waals surface area contributed by atoms with Gasteiger partial charge in [0.05, 0.1) is 7.11 Å². The van der Waals surface area contributed by atoms with E-state index in [1.165, 1.54) is 6.42 Å². The van der Waals surface area contributed by atoms with Crippen molar-refractivity contribution in [1.29, 1.82) is 0 Å². The van der Waals surface area contributed by atoms with Gasteiger partial charge in [0.1, 0.15) is 5.75 Å². The van der Waals surface area contributed by atoms with Crippen molar-refractivity contribution in [3.63, 3.8) is 0 Å². The molecule has 1 aliphatic heterocycles. The summed E-state index contributed by atoms with van der Waals surface area (Å²) in [6.07, 6.45) is 3.31. The van der Waals surface area contributed by atoms with Crippen molar-refractivity contribution < 1.29 is 14.3 Å². The van der Waals surface area contributed by atoms with E-state index >= 15 is 0 Å². The van der Waals surface area contributed by atoms with E-state index in [0.717, 1.165) is 25.9 Å². The number of amides is 2. The van der Waals surface area contributed by atoms with E-state index in [4.69, 9.17) is 17.0 Å². The average molecular weight is 398 g/mol. The maximum atomic E-state index is 12.5. The van der Waals surface area contributed by atoms with Gasteiger partial charge in [-0.05, 0) is 80.0 Å². The molecule has 1 heterocycles. The van der Waals surface area contributed by atoms with Crippen LogP contribution in [0, 0.1) is 0 Å². The summed E-state index contributed by atoms with van der Waals surface area (Å²) in [4.78, 5) is 26.6. The number of benzene rings is 2. The van der Waals surface area contributed by atoms with Crippen molar-refractivity contribution in [3.05, 3.63) is 59.7 Å². The first kappa shape index (κ1) is 19.8. The maximum absolute atomic E-state index is 12.5. The Morgan fingerprint density at radius 1 is 0.929 bits per heavy atom. The molecular formula is C21H23N3O3S. The molecule has 7 heteroatoms. The predicted octanol–water partition coefficient (Wildman–Crippen LogP) is 3.45. The summed E-state index contributed by atoms with van der Waals surface area (Å²) in [6, 6.07) is 13.9. The zero-order valence-electron chi connectivity index (χ0n) is 15.7. The van der Waals surface area contributed by atoms with Gasteiger partial charge in [0.25, 0.3) is 11.8 Å². The number of thiocarbonyl (C=S) groups is 1. The maximum Gasteiger partial charge on any atom is 0.257 e. The molecule has 2 aromatic rings. The number of piperidine rings is 1. The molecular weight excluding hydrogens is 374 g/mol. The van der Waals surface area contributed by atoms with Crippen LogP contribution in [0.1, 0.15) is 40.0 Å². The highest BCUT2D eigenvalue weighted by Crippen LogP contribution is 2.16. The van der Waals surface area contributed by atoms with Crippen LogP contribution in [-0.4, -0.2) is 42.0 Å². The van der Waals surface area contributed by atoms with Crippen LogP contribution in [0.3, 0.4) is 0 Å². The normalized spacial score (nSPS) is 13.5. The summed E-state index contributed by atoms with van der Waals surface area (Å²) >= 11 is 5.20. The van der Waals surface area contributed by atoms with Crippen molar-refractivity contribution in [2.75, 3.05) is 25.5 Å². The number of nitrogens with zero attached hydrogens (tertiary/aromatic N) is 1. The van der Waals surface area contributed by atoms with Crippen molar-refractivity contribution in [1.82, 2.24) is 10.2 Å². The van der Waals surface area contributed by atoms with Crippen LogP contribution in [0.4, 0.5) is 5.69 Å². The molecule has 0 unspecified atom stereocenters. The van der Waals surface area contributed by atoms with E-state index in [1.54, 1.807) is 55.6 Å². The molecule has 0 bridgehead atoms. The number of carbonyl (C=O) groups is 2. The number of anilines is 1. The Morgan fingerprint density at radius 3 is 2.14 bits per heavy atom. The van der Waals surface area contributed by atoms with Crippen LogP contribution in [0.15, 0.2) is 48.5 Å². The van der Waals surface area contributed by atoms with Crippen LogP contribution in [0.5, 0.6) is 5.75 Å². The molecule has 2 aromatic carbocycles. The van der Waals surface area contributed by atoms with Crippen LogP contribution in [0.2, 0.25) is 0 Å². The van der Waals surface area contributed by atoms with Gasteiger partial charge in [0, 0.05) is 29.9 Å². The fraction of sp³-hybridized carbons (Fsp3) is 0.286. The van der Waals surface area contributed by atoms with Crippen LogP contribution in [-0.2, 0) is 0 Å².